The molecule has 0 fully saturated rings. The van der Waals surface area contributed by atoms with E-state index in [9.17, 15) is 4.79 Å². The first-order chi connectivity index (χ1) is 7.56. The Kier molecular flexibility index (Phi) is 2.99. The maximum absolute atomic E-state index is 11.6. The van der Waals surface area contributed by atoms with Crippen molar-refractivity contribution in [1.29, 1.82) is 0 Å². The maximum Gasteiger partial charge on any atom is 0.177 e. The summed E-state index contributed by atoms with van der Waals surface area (Å²) >= 11 is 0. The number of fused-ring (bicyclic) bond motifs is 1. The highest BCUT2D eigenvalue weighted by atomic mass is 16.5. The Hall–Kier alpha value is -1.31. The van der Waals surface area contributed by atoms with Crippen molar-refractivity contribution in [2.75, 3.05) is 0 Å². The molecule has 0 spiro atoms. The smallest absolute Gasteiger partial charge is 0.177 e. The molecule has 1 heterocycles. The van der Waals surface area contributed by atoms with Crippen molar-refractivity contribution in [2.45, 2.75) is 39.7 Å². The van der Waals surface area contributed by atoms with Gasteiger partial charge in [-0.2, -0.15) is 0 Å². The number of carbonyl (C=O) groups excluding carboxylic acids is 1. The number of benzene rings is 1. The highest BCUT2D eigenvalue weighted by molar-refractivity contribution is 5.87. The van der Waals surface area contributed by atoms with Crippen molar-refractivity contribution in [3.63, 3.8) is 0 Å². The average molecular weight is 218 g/mol. The second kappa shape index (κ2) is 4.28. The van der Waals surface area contributed by atoms with E-state index in [2.05, 4.69) is 26.0 Å². The molecule has 0 radical (unpaired) electrons. The third kappa shape index (κ3) is 2.26. The molecule has 0 N–H and O–H groups in total. The minimum absolute atomic E-state index is 0.175. The van der Waals surface area contributed by atoms with Gasteiger partial charge in [0.25, 0.3) is 0 Å². The number of ketones is 1. The lowest BCUT2D eigenvalue weighted by atomic mass is 9.96. The molecule has 86 valence electrons. The van der Waals surface area contributed by atoms with Gasteiger partial charge in [0.1, 0.15) is 5.75 Å². The van der Waals surface area contributed by atoms with Gasteiger partial charge in [-0.25, -0.2) is 0 Å². The second-order valence-corrected chi connectivity index (χ2v) is 4.94. The largest absolute Gasteiger partial charge is 0.483 e. The van der Waals surface area contributed by atoms with Crippen molar-refractivity contribution >= 4 is 5.78 Å². The van der Waals surface area contributed by atoms with Crippen molar-refractivity contribution in [1.82, 2.24) is 0 Å². The first kappa shape index (κ1) is 11.2. The predicted molar refractivity (Wildman–Crippen MR) is 63.8 cm³/mol. The number of hydrogen-bond acceptors (Lipinski definition) is 2. The Balaban J connectivity index is 2.25. The van der Waals surface area contributed by atoms with E-state index in [1.165, 1.54) is 5.56 Å². The summed E-state index contributed by atoms with van der Waals surface area (Å²) in [7, 11) is 0. The lowest BCUT2D eigenvalue weighted by Crippen LogP contribution is -2.30. The minimum atomic E-state index is -0.288. The van der Waals surface area contributed by atoms with E-state index in [-0.39, 0.29) is 11.9 Å². The van der Waals surface area contributed by atoms with Gasteiger partial charge in [-0.05, 0) is 30.9 Å². The lowest BCUT2D eigenvalue weighted by molar-refractivity contribution is -0.125. The van der Waals surface area contributed by atoms with Crippen molar-refractivity contribution < 1.29 is 9.53 Å². The van der Waals surface area contributed by atoms with Crippen LogP contribution in [0, 0.1) is 5.92 Å². The molecule has 2 heteroatoms. The zero-order valence-corrected chi connectivity index (χ0v) is 10.1. The van der Waals surface area contributed by atoms with Gasteiger partial charge in [0.15, 0.2) is 11.9 Å². The average Bonchev–Trinajstić information content (AvgIpc) is 2.19. The Morgan fingerprint density at radius 3 is 2.88 bits per heavy atom. The van der Waals surface area contributed by atoms with Gasteiger partial charge in [-0.3, -0.25) is 4.79 Å². The van der Waals surface area contributed by atoms with E-state index in [4.69, 9.17) is 4.74 Å². The van der Waals surface area contributed by atoms with E-state index in [1.807, 2.05) is 13.0 Å². The summed E-state index contributed by atoms with van der Waals surface area (Å²) in [6, 6.07) is 6.20. The molecule has 0 saturated heterocycles. The third-order valence-corrected chi connectivity index (χ3v) is 2.89. The van der Waals surface area contributed by atoms with Crippen LogP contribution in [0.5, 0.6) is 5.75 Å². The van der Waals surface area contributed by atoms with Crippen LogP contribution in [0.4, 0.5) is 0 Å². The molecule has 0 aliphatic carbocycles. The van der Waals surface area contributed by atoms with E-state index in [0.717, 1.165) is 17.7 Å². The molecule has 1 aromatic carbocycles. The van der Waals surface area contributed by atoms with E-state index in [0.29, 0.717) is 12.3 Å². The first-order valence-electron chi connectivity index (χ1n) is 5.87. The topological polar surface area (TPSA) is 26.3 Å². The molecule has 1 atom stereocenters. The molecule has 2 rings (SSSR count). The Labute approximate surface area is 96.6 Å². The standard InChI is InChI=1S/C14H18O2/c1-9(2)6-11-4-5-14-12(7-11)8-13(15)10(3)16-14/h4-5,7,9-10H,6,8H2,1-3H3. The van der Waals surface area contributed by atoms with Gasteiger partial charge >= 0.3 is 0 Å². The molecular formula is C14H18O2. The molecule has 0 saturated carbocycles. The summed E-state index contributed by atoms with van der Waals surface area (Å²) in [6.45, 7) is 6.21. The van der Waals surface area contributed by atoms with Crippen LogP contribution in [-0.4, -0.2) is 11.9 Å². The van der Waals surface area contributed by atoms with Crippen LogP contribution >= 0.6 is 0 Å². The molecule has 16 heavy (non-hydrogen) atoms. The summed E-state index contributed by atoms with van der Waals surface area (Å²) in [6.07, 6.45) is 1.28. The number of carbonyl (C=O) groups is 1. The second-order valence-electron chi connectivity index (χ2n) is 4.94. The normalized spacial score (nSPS) is 19.5. The molecule has 1 aliphatic rings. The number of rotatable bonds is 2. The highest BCUT2D eigenvalue weighted by Crippen LogP contribution is 2.27. The predicted octanol–water partition coefficient (Wildman–Crippen LogP) is 2.78. The number of ether oxygens (including phenoxy) is 1. The molecule has 0 aromatic heterocycles. The molecule has 0 amide bonds. The van der Waals surface area contributed by atoms with Crippen LogP contribution in [0.2, 0.25) is 0 Å². The van der Waals surface area contributed by atoms with Gasteiger partial charge in [0, 0.05) is 12.0 Å². The van der Waals surface area contributed by atoms with Crippen LogP contribution in [-0.2, 0) is 17.6 Å². The van der Waals surface area contributed by atoms with Crippen molar-refractivity contribution in [3.8, 4) is 5.75 Å². The molecule has 1 aromatic rings. The minimum Gasteiger partial charge on any atom is -0.483 e. The monoisotopic (exact) mass is 218 g/mol. The summed E-state index contributed by atoms with van der Waals surface area (Å²) in [4.78, 5) is 11.6. The Morgan fingerprint density at radius 2 is 2.19 bits per heavy atom. The fourth-order valence-electron chi connectivity index (χ4n) is 2.07. The molecular weight excluding hydrogens is 200 g/mol. The van der Waals surface area contributed by atoms with E-state index < -0.39 is 0 Å². The van der Waals surface area contributed by atoms with Crippen LogP contribution < -0.4 is 4.74 Å². The molecule has 2 nitrogen and oxygen atoms in total. The fourth-order valence-corrected chi connectivity index (χ4v) is 2.07. The third-order valence-electron chi connectivity index (χ3n) is 2.89. The van der Waals surface area contributed by atoms with Crippen LogP contribution in [0.3, 0.4) is 0 Å². The molecule has 0 bridgehead atoms. The first-order valence-corrected chi connectivity index (χ1v) is 5.87. The molecule has 1 aliphatic heterocycles. The zero-order chi connectivity index (χ0) is 11.7. The molecule has 1 unspecified atom stereocenters. The number of Topliss-reactive ketones (excluding diaryl/α,β-unsaturated/α-hetero) is 1. The summed E-state index contributed by atoms with van der Waals surface area (Å²) in [5.41, 5.74) is 2.33. The van der Waals surface area contributed by atoms with Gasteiger partial charge in [-0.15, -0.1) is 0 Å². The zero-order valence-electron chi connectivity index (χ0n) is 10.1. The summed E-state index contributed by atoms with van der Waals surface area (Å²) < 4.78 is 5.55. The Morgan fingerprint density at radius 1 is 1.44 bits per heavy atom. The summed E-state index contributed by atoms with van der Waals surface area (Å²) in [5, 5.41) is 0. The summed E-state index contributed by atoms with van der Waals surface area (Å²) in [5.74, 6) is 1.69. The van der Waals surface area contributed by atoms with Crippen molar-refractivity contribution in [3.05, 3.63) is 29.3 Å². The SMILES string of the molecule is CC(C)Cc1ccc2c(c1)CC(=O)C(C)O2. The fraction of sp³-hybridized carbons (Fsp3) is 0.500. The van der Waals surface area contributed by atoms with Gasteiger partial charge in [0.05, 0.1) is 0 Å². The van der Waals surface area contributed by atoms with Crippen LogP contribution in [0.25, 0.3) is 0 Å². The highest BCUT2D eigenvalue weighted by Gasteiger charge is 2.23. The van der Waals surface area contributed by atoms with Gasteiger partial charge in [-0.1, -0.05) is 26.0 Å². The van der Waals surface area contributed by atoms with Gasteiger partial charge in [0.2, 0.25) is 0 Å². The van der Waals surface area contributed by atoms with Gasteiger partial charge < -0.3 is 4.74 Å². The quantitative estimate of drug-likeness (QED) is 0.763. The maximum atomic E-state index is 11.6. The Bertz CT molecular complexity index is 407. The van der Waals surface area contributed by atoms with Crippen LogP contribution in [0.1, 0.15) is 31.9 Å². The number of hydrogen-bond donors (Lipinski definition) is 0. The van der Waals surface area contributed by atoms with E-state index in [1.54, 1.807) is 0 Å². The van der Waals surface area contributed by atoms with E-state index >= 15 is 0 Å². The lowest BCUT2D eigenvalue weighted by Gasteiger charge is -2.22. The van der Waals surface area contributed by atoms with Crippen molar-refractivity contribution in [2.24, 2.45) is 5.92 Å². The van der Waals surface area contributed by atoms with Crippen LogP contribution in [0.15, 0.2) is 18.2 Å².